The lowest BCUT2D eigenvalue weighted by atomic mass is 9.94. The number of aliphatic imine (C=N–C) groups is 1. The second-order valence-electron chi connectivity index (χ2n) is 4.90. The van der Waals surface area contributed by atoms with Crippen LogP contribution in [0.3, 0.4) is 0 Å². The molecule has 1 rings (SSSR count). The fourth-order valence-electron chi connectivity index (χ4n) is 2.19. The Morgan fingerprint density at radius 1 is 1.29 bits per heavy atom. The van der Waals surface area contributed by atoms with E-state index in [1.807, 2.05) is 6.92 Å². The first-order valence-electron chi connectivity index (χ1n) is 7.41. The average Bonchev–Trinajstić information content (AvgIpc) is 2.51. The molecule has 0 unspecified atom stereocenters. The predicted octanol–water partition coefficient (Wildman–Crippen LogP) is 1.39. The van der Waals surface area contributed by atoms with Crippen LogP contribution in [0.5, 0.6) is 0 Å². The van der Waals surface area contributed by atoms with Crippen molar-refractivity contribution in [3.05, 3.63) is 0 Å². The molecule has 0 aliphatic carbocycles. The Morgan fingerprint density at radius 2 is 2.00 bits per heavy atom. The van der Waals surface area contributed by atoms with Crippen molar-refractivity contribution in [3.8, 4) is 0 Å². The zero-order chi connectivity index (χ0) is 14.7. The Bertz CT molecular complexity index is 285. The normalized spacial score (nSPS) is 18.0. The summed E-state index contributed by atoms with van der Waals surface area (Å²) < 4.78 is 16.4. The smallest absolute Gasteiger partial charge is 0.191 e. The van der Waals surface area contributed by atoms with E-state index in [-0.39, 0.29) is 29.6 Å². The van der Waals surface area contributed by atoms with Crippen LogP contribution in [0.1, 0.15) is 26.2 Å². The molecule has 7 heteroatoms. The minimum absolute atomic E-state index is 0. The van der Waals surface area contributed by atoms with Gasteiger partial charge in [-0.1, -0.05) is 0 Å². The molecule has 1 saturated heterocycles. The topological polar surface area (TPSA) is 64.1 Å². The summed E-state index contributed by atoms with van der Waals surface area (Å²) in [5, 5.41) is 6.62. The van der Waals surface area contributed by atoms with Crippen molar-refractivity contribution in [2.75, 3.05) is 53.7 Å². The molecule has 1 heterocycles. The second-order valence-corrected chi connectivity index (χ2v) is 4.90. The van der Waals surface area contributed by atoms with Crippen LogP contribution in [0, 0.1) is 0 Å². The summed E-state index contributed by atoms with van der Waals surface area (Å²) in [6.45, 7) is 6.67. The van der Waals surface area contributed by atoms with Crippen molar-refractivity contribution in [2.45, 2.75) is 31.8 Å². The van der Waals surface area contributed by atoms with Gasteiger partial charge in [0.25, 0.3) is 0 Å². The highest BCUT2D eigenvalue weighted by molar-refractivity contribution is 14.0. The highest BCUT2D eigenvalue weighted by Crippen LogP contribution is 2.23. The van der Waals surface area contributed by atoms with Gasteiger partial charge in [0, 0.05) is 66.5 Å². The first kappa shape index (κ1) is 20.9. The third-order valence-electron chi connectivity index (χ3n) is 3.60. The Balaban J connectivity index is 0.00000400. The van der Waals surface area contributed by atoms with Crippen molar-refractivity contribution >= 4 is 29.9 Å². The molecular formula is C14H30IN3O3. The monoisotopic (exact) mass is 415 g/mol. The van der Waals surface area contributed by atoms with Crippen molar-refractivity contribution < 1.29 is 14.2 Å². The van der Waals surface area contributed by atoms with Crippen molar-refractivity contribution in [1.82, 2.24) is 10.6 Å². The van der Waals surface area contributed by atoms with Crippen LogP contribution in [0.15, 0.2) is 4.99 Å². The molecule has 0 amide bonds. The summed E-state index contributed by atoms with van der Waals surface area (Å²) in [5.41, 5.74) is -0.138. The standard InChI is InChI=1S/C14H29N3O3.HI/c1-4-19-9-5-8-16-13(15-2)17-12-14(18-3)6-10-20-11-7-14;/h4-12H2,1-3H3,(H2,15,16,17);1H. The molecule has 0 aromatic heterocycles. The summed E-state index contributed by atoms with van der Waals surface area (Å²) in [6, 6.07) is 0. The number of guanidine groups is 1. The Kier molecular flexibility index (Phi) is 12.4. The van der Waals surface area contributed by atoms with E-state index in [9.17, 15) is 0 Å². The van der Waals surface area contributed by atoms with Crippen LogP contribution in [0.4, 0.5) is 0 Å². The van der Waals surface area contributed by atoms with Crippen molar-refractivity contribution in [3.63, 3.8) is 0 Å². The third kappa shape index (κ3) is 8.18. The van der Waals surface area contributed by atoms with E-state index in [1.165, 1.54) is 0 Å². The van der Waals surface area contributed by atoms with Gasteiger partial charge in [-0.3, -0.25) is 4.99 Å². The fraction of sp³-hybridized carbons (Fsp3) is 0.929. The van der Waals surface area contributed by atoms with Gasteiger partial charge in [-0.05, 0) is 13.3 Å². The lowest BCUT2D eigenvalue weighted by Gasteiger charge is -2.36. The van der Waals surface area contributed by atoms with E-state index in [4.69, 9.17) is 14.2 Å². The molecule has 1 aliphatic rings. The van der Waals surface area contributed by atoms with Crippen LogP contribution in [-0.4, -0.2) is 65.2 Å². The number of rotatable bonds is 8. The molecule has 1 fully saturated rings. The summed E-state index contributed by atoms with van der Waals surface area (Å²) >= 11 is 0. The zero-order valence-electron chi connectivity index (χ0n) is 13.4. The molecule has 0 aromatic carbocycles. The minimum Gasteiger partial charge on any atom is -0.382 e. The summed E-state index contributed by atoms with van der Waals surface area (Å²) in [7, 11) is 3.55. The van der Waals surface area contributed by atoms with Gasteiger partial charge in [-0.2, -0.15) is 0 Å². The number of halogens is 1. The lowest BCUT2D eigenvalue weighted by Crippen LogP contribution is -2.50. The number of nitrogens with zero attached hydrogens (tertiary/aromatic N) is 1. The van der Waals surface area contributed by atoms with E-state index in [2.05, 4.69) is 15.6 Å². The zero-order valence-corrected chi connectivity index (χ0v) is 15.8. The van der Waals surface area contributed by atoms with Gasteiger partial charge in [-0.15, -0.1) is 24.0 Å². The largest absolute Gasteiger partial charge is 0.382 e. The van der Waals surface area contributed by atoms with E-state index >= 15 is 0 Å². The Hall–Kier alpha value is -0.120. The fourth-order valence-corrected chi connectivity index (χ4v) is 2.19. The maximum atomic E-state index is 5.69. The first-order chi connectivity index (χ1) is 9.76. The number of nitrogens with one attached hydrogen (secondary N) is 2. The summed E-state index contributed by atoms with van der Waals surface area (Å²) in [6.07, 6.45) is 2.80. The van der Waals surface area contributed by atoms with E-state index in [1.54, 1.807) is 14.2 Å². The van der Waals surface area contributed by atoms with E-state index in [0.29, 0.717) is 0 Å². The molecule has 1 aliphatic heterocycles. The van der Waals surface area contributed by atoms with Gasteiger partial charge in [0.15, 0.2) is 5.96 Å². The molecule has 2 N–H and O–H groups in total. The van der Waals surface area contributed by atoms with Crippen LogP contribution in [0.2, 0.25) is 0 Å². The number of hydrogen-bond acceptors (Lipinski definition) is 4. The van der Waals surface area contributed by atoms with Crippen molar-refractivity contribution in [2.24, 2.45) is 4.99 Å². The molecular weight excluding hydrogens is 385 g/mol. The Labute approximate surface area is 145 Å². The first-order valence-corrected chi connectivity index (χ1v) is 7.41. The van der Waals surface area contributed by atoms with Gasteiger partial charge in [0.1, 0.15) is 0 Å². The molecule has 21 heavy (non-hydrogen) atoms. The van der Waals surface area contributed by atoms with Gasteiger partial charge >= 0.3 is 0 Å². The van der Waals surface area contributed by atoms with Gasteiger partial charge in [0.05, 0.1) is 5.60 Å². The second kappa shape index (κ2) is 12.4. The summed E-state index contributed by atoms with van der Waals surface area (Å²) in [4.78, 5) is 4.22. The van der Waals surface area contributed by atoms with Crippen LogP contribution >= 0.6 is 24.0 Å². The third-order valence-corrected chi connectivity index (χ3v) is 3.60. The number of hydrogen-bond donors (Lipinski definition) is 2. The van der Waals surface area contributed by atoms with Gasteiger partial charge in [-0.25, -0.2) is 0 Å². The number of ether oxygens (including phenoxy) is 3. The molecule has 0 bridgehead atoms. The van der Waals surface area contributed by atoms with Gasteiger partial charge in [0.2, 0.25) is 0 Å². The maximum absolute atomic E-state index is 5.69. The van der Waals surface area contributed by atoms with Crippen LogP contribution in [0.25, 0.3) is 0 Å². The predicted molar refractivity (Wildman–Crippen MR) is 95.7 cm³/mol. The quantitative estimate of drug-likeness (QED) is 0.272. The Morgan fingerprint density at radius 3 is 2.57 bits per heavy atom. The molecule has 0 saturated carbocycles. The molecule has 0 atom stereocenters. The molecule has 0 radical (unpaired) electrons. The maximum Gasteiger partial charge on any atom is 0.191 e. The van der Waals surface area contributed by atoms with Crippen LogP contribution < -0.4 is 10.6 Å². The van der Waals surface area contributed by atoms with Crippen molar-refractivity contribution in [1.29, 1.82) is 0 Å². The molecule has 0 aromatic rings. The highest BCUT2D eigenvalue weighted by atomic mass is 127. The van der Waals surface area contributed by atoms with E-state index < -0.39 is 0 Å². The average molecular weight is 415 g/mol. The van der Waals surface area contributed by atoms with Crippen LogP contribution in [-0.2, 0) is 14.2 Å². The molecule has 0 spiro atoms. The molecule has 126 valence electrons. The summed E-state index contributed by atoms with van der Waals surface area (Å²) in [5.74, 6) is 0.810. The lowest BCUT2D eigenvalue weighted by molar-refractivity contribution is -0.0855. The van der Waals surface area contributed by atoms with E-state index in [0.717, 1.165) is 64.7 Å². The number of methoxy groups -OCH3 is 1. The molecule has 6 nitrogen and oxygen atoms in total. The van der Waals surface area contributed by atoms with Gasteiger partial charge < -0.3 is 24.8 Å². The highest BCUT2D eigenvalue weighted by Gasteiger charge is 2.32. The SMILES string of the molecule is CCOCCCNC(=NC)NCC1(OC)CCOCC1.I. The minimum atomic E-state index is -0.138.